The molecular weight excluding hydrogens is 286 g/mol. The summed E-state index contributed by atoms with van der Waals surface area (Å²) in [4.78, 5) is 11.0. The highest BCUT2D eigenvalue weighted by molar-refractivity contribution is 7.91. The molecule has 0 spiro atoms. The Morgan fingerprint density at radius 3 is 2.58 bits per heavy atom. The zero-order valence-corrected chi connectivity index (χ0v) is 12.3. The number of thiophene rings is 1. The molecule has 1 aliphatic rings. The lowest BCUT2D eigenvalue weighted by atomic mass is 10.1. The van der Waals surface area contributed by atoms with Crippen molar-refractivity contribution < 1.29 is 13.2 Å². The van der Waals surface area contributed by atoms with Gasteiger partial charge in [-0.3, -0.25) is 4.79 Å². The van der Waals surface area contributed by atoms with E-state index in [-0.39, 0.29) is 16.2 Å². The van der Waals surface area contributed by atoms with E-state index in [0.717, 1.165) is 11.3 Å². The number of hydrogen-bond acceptors (Lipinski definition) is 5. The van der Waals surface area contributed by atoms with Crippen LogP contribution in [0.25, 0.3) is 0 Å². The van der Waals surface area contributed by atoms with Gasteiger partial charge < -0.3 is 11.1 Å². The largest absolute Gasteiger partial charge is 0.398 e. The minimum absolute atomic E-state index is 0.0670. The van der Waals surface area contributed by atoms with Gasteiger partial charge in [-0.2, -0.15) is 4.31 Å². The molecule has 0 radical (unpaired) electrons. The summed E-state index contributed by atoms with van der Waals surface area (Å²) in [6, 6.07) is 1.55. The molecule has 3 N–H and O–H groups in total. The van der Waals surface area contributed by atoms with Gasteiger partial charge >= 0.3 is 0 Å². The van der Waals surface area contributed by atoms with Crippen molar-refractivity contribution in [3.63, 3.8) is 0 Å². The Hall–Kier alpha value is -1.12. The molecule has 106 valence electrons. The van der Waals surface area contributed by atoms with Crippen LogP contribution in [0, 0.1) is 0 Å². The Bertz CT molecular complexity index is 559. The number of nitrogens with one attached hydrogen (secondary N) is 1. The summed E-state index contributed by atoms with van der Waals surface area (Å²) in [5, 5.41) is 4.44. The van der Waals surface area contributed by atoms with Crippen LogP contribution >= 0.6 is 11.3 Å². The maximum Gasteiger partial charge on any atom is 0.252 e. The fourth-order valence-electron chi connectivity index (χ4n) is 2.12. The van der Waals surface area contributed by atoms with Crippen molar-refractivity contribution in [3.05, 3.63) is 11.4 Å². The molecule has 0 aliphatic carbocycles. The van der Waals surface area contributed by atoms with E-state index in [1.165, 1.54) is 17.3 Å². The average Bonchev–Trinajstić information content (AvgIpc) is 2.76. The first-order valence-electron chi connectivity index (χ1n) is 6.01. The van der Waals surface area contributed by atoms with Crippen LogP contribution in [0.1, 0.15) is 19.8 Å². The number of nitrogen functional groups attached to an aromatic ring is 1. The van der Waals surface area contributed by atoms with E-state index >= 15 is 0 Å². The molecule has 1 aromatic heterocycles. The van der Waals surface area contributed by atoms with E-state index in [1.54, 1.807) is 5.38 Å². The molecular formula is C11H17N3O3S2. The summed E-state index contributed by atoms with van der Waals surface area (Å²) in [5.74, 6) is -0.0765. The molecule has 1 saturated heterocycles. The number of carbonyl (C=O) groups excluding carboxylic acids is 1. The van der Waals surface area contributed by atoms with Crippen LogP contribution in [-0.2, 0) is 14.8 Å². The van der Waals surface area contributed by atoms with Gasteiger partial charge in [-0.05, 0) is 18.9 Å². The van der Waals surface area contributed by atoms with Gasteiger partial charge in [0, 0.05) is 37.1 Å². The third kappa shape index (κ3) is 3.26. The minimum Gasteiger partial charge on any atom is -0.398 e. The monoisotopic (exact) mass is 303 g/mol. The first kappa shape index (κ1) is 14.3. The first-order chi connectivity index (χ1) is 8.89. The fourth-order valence-corrected chi connectivity index (χ4v) is 4.82. The Balaban J connectivity index is 2.03. The van der Waals surface area contributed by atoms with Crippen LogP contribution in [0.5, 0.6) is 0 Å². The zero-order valence-electron chi connectivity index (χ0n) is 10.6. The van der Waals surface area contributed by atoms with Crippen molar-refractivity contribution in [2.24, 2.45) is 0 Å². The van der Waals surface area contributed by atoms with Crippen molar-refractivity contribution >= 4 is 33.0 Å². The first-order valence-corrected chi connectivity index (χ1v) is 8.33. The average molecular weight is 303 g/mol. The molecule has 0 bridgehead atoms. The van der Waals surface area contributed by atoms with Crippen molar-refractivity contribution in [2.75, 3.05) is 18.8 Å². The van der Waals surface area contributed by atoms with Gasteiger partial charge in [0.25, 0.3) is 10.0 Å². The molecule has 1 fully saturated rings. The number of carbonyl (C=O) groups is 1. The van der Waals surface area contributed by atoms with E-state index in [1.807, 2.05) is 0 Å². The number of amides is 1. The van der Waals surface area contributed by atoms with Crippen LogP contribution in [-0.4, -0.2) is 37.8 Å². The molecule has 0 saturated carbocycles. The lowest BCUT2D eigenvalue weighted by molar-refractivity contribution is -0.119. The van der Waals surface area contributed by atoms with Gasteiger partial charge in [0.1, 0.15) is 4.21 Å². The second-order valence-corrected chi connectivity index (χ2v) is 7.65. The third-order valence-corrected chi connectivity index (χ3v) is 6.38. The SMILES string of the molecule is CC(=O)NC1CCN(S(=O)(=O)c2cc(N)cs2)CC1. The summed E-state index contributed by atoms with van der Waals surface area (Å²) >= 11 is 1.14. The van der Waals surface area contributed by atoms with Crippen LogP contribution in [0.2, 0.25) is 0 Å². The normalized spacial score (nSPS) is 18.4. The van der Waals surface area contributed by atoms with Crippen molar-refractivity contribution in [1.82, 2.24) is 9.62 Å². The number of piperidine rings is 1. The van der Waals surface area contributed by atoms with Gasteiger partial charge in [-0.15, -0.1) is 11.3 Å². The maximum absolute atomic E-state index is 12.3. The van der Waals surface area contributed by atoms with Crippen LogP contribution in [0.4, 0.5) is 5.69 Å². The predicted octanol–water partition coefficient (Wildman–Crippen LogP) is 0.620. The molecule has 0 atom stereocenters. The Kier molecular flexibility index (Phi) is 4.12. The maximum atomic E-state index is 12.3. The molecule has 0 aromatic carbocycles. The Morgan fingerprint density at radius 1 is 1.47 bits per heavy atom. The number of nitrogens with zero attached hydrogens (tertiary/aromatic N) is 1. The number of anilines is 1. The topological polar surface area (TPSA) is 92.5 Å². The summed E-state index contributed by atoms with van der Waals surface area (Å²) in [5.41, 5.74) is 6.03. The van der Waals surface area contributed by atoms with Gasteiger partial charge in [0.15, 0.2) is 0 Å². The number of rotatable bonds is 3. The molecule has 1 amide bonds. The molecule has 1 aliphatic heterocycles. The van der Waals surface area contributed by atoms with Gasteiger partial charge in [0.2, 0.25) is 5.91 Å². The second-order valence-electron chi connectivity index (χ2n) is 4.58. The molecule has 2 rings (SSSR count). The van der Waals surface area contributed by atoms with E-state index in [0.29, 0.717) is 31.6 Å². The van der Waals surface area contributed by atoms with Crippen LogP contribution in [0.3, 0.4) is 0 Å². The lowest BCUT2D eigenvalue weighted by Crippen LogP contribution is -2.45. The molecule has 8 heteroatoms. The van der Waals surface area contributed by atoms with Crippen molar-refractivity contribution in [2.45, 2.75) is 30.0 Å². The van der Waals surface area contributed by atoms with Crippen LogP contribution < -0.4 is 11.1 Å². The fraction of sp³-hybridized carbons (Fsp3) is 0.545. The Labute approximate surface area is 116 Å². The smallest absolute Gasteiger partial charge is 0.252 e. The number of nitrogens with two attached hydrogens (primary N) is 1. The van der Waals surface area contributed by atoms with E-state index in [9.17, 15) is 13.2 Å². The number of sulfonamides is 1. The quantitative estimate of drug-likeness (QED) is 0.856. The number of hydrogen-bond donors (Lipinski definition) is 2. The highest BCUT2D eigenvalue weighted by atomic mass is 32.2. The molecule has 1 aromatic rings. The lowest BCUT2D eigenvalue weighted by Gasteiger charge is -2.30. The zero-order chi connectivity index (χ0) is 14.0. The van der Waals surface area contributed by atoms with Crippen molar-refractivity contribution in [3.8, 4) is 0 Å². The van der Waals surface area contributed by atoms with Crippen molar-refractivity contribution in [1.29, 1.82) is 0 Å². The predicted molar refractivity (Wildman–Crippen MR) is 74.3 cm³/mol. The van der Waals surface area contributed by atoms with E-state index < -0.39 is 10.0 Å². The third-order valence-electron chi connectivity index (χ3n) is 3.05. The summed E-state index contributed by atoms with van der Waals surface area (Å²) in [6.45, 7) is 2.31. The standard InChI is InChI=1S/C11H17N3O3S2/c1-8(15)13-10-2-4-14(5-3-10)19(16,17)11-6-9(12)7-18-11/h6-7,10H,2-5,12H2,1H3,(H,13,15). The second kappa shape index (κ2) is 5.48. The molecule has 6 nitrogen and oxygen atoms in total. The summed E-state index contributed by atoms with van der Waals surface area (Å²) in [6.07, 6.45) is 1.28. The van der Waals surface area contributed by atoms with Gasteiger partial charge in [-0.25, -0.2) is 8.42 Å². The molecule has 19 heavy (non-hydrogen) atoms. The van der Waals surface area contributed by atoms with Crippen LogP contribution in [0.15, 0.2) is 15.7 Å². The van der Waals surface area contributed by atoms with E-state index in [4.69, 9.17) is 5.73 Å². The molecule has 0 unspecified atom stereocenters. The summed E-state index contributed by atoms with van der Waals surface area (Å²) in [7, 11) is -3.43. The molecule has 2 heterocycles. The van der Waals surface area contributed by atoms with E-state index in [2.05, 4.69) is 5.32 Å². The summed E-state index contributed by atoms with van der Waals surface area (Å²) < 4.78 is 26.4. The van der Waals surface area contributed by atoms with Gasteiger partial charge in [0.05, 0.1) is 0 Å². The van der Waals surface area contributed by atoms with Gasteiger partial charge in [-0.1, -0.05) is 0 Å². The minimum atomic E-state index is -3.43. The highest BCUT2D eigenvalue weighted by Gasteiger charge is 2.30. The highest BCUT2D eigenvalue weighted by Crippen LogP contribution is 2.27. The Morgan fingerprint density at radius 2 is 2.11 bits per heavy atom.